The maximum atomic E-state index is 11.8. The Bertz CT molecular complexity index is 589. The Morgan fingerprint density at radius 2 is 1.94 bits per heavy atom. The van der Waals surface area contributed by atoms with Gasteiger partial charge in [0, 0.05) is 18.0 Å². The second kappa shape index (κ2) is 5.27. The molecule has 0 spiro atoms. The number of phenols is 1. The fraction of sp³-hybridized carbons (Fsp3) is 0.0667. The number of hydrogen-bond donors (Lipinski definition) is 1. The summed E-state index contributed by atoms with van der Waals surface area (Å²) in [6, 6.07) is 8.56. The fourth-order valence-electron chi connectivity index (χ4n) is 1.57. The molecular weight excluding hydrogens is 226 g/mol. The number of allylic oxidation sites excluding steroid dienone is 1. The summed E-state index contributed by atoms with van der Waals surface area (Å²) < 4.78 is 0. The van der Waals surface area contributed by atoms with Gasteiger partial charge in [0.2, 0.25) is 0 Å². The average Bonchev–Trinajstić information content (AvgIpc) is 2.41. The maximum absolute atomic E-state index is 11.8. The number of aromatic nitrogens is 1. The molecule has 0 amide bonds. The van der Waals surface area contributed by atoms with Gasteiger partial charge in [-0.05, 0) is 48.4 Å². The van der Waals surface area contributed by atoms with E-state index in [1.807, 2.05) is 13.0 Å². The number of phenolic OH excluding ortho intramolecular Hbond substituents is 1. The van der Waals surface area contributed by atoms with Crippen LogP contribution in [0.15, 0.2) is 48.8 Å². The quantitative estimate of drug-likeness (QED) is 0.661. The van der Waals surface area contributed by atoms with E-state index in [1.54, 1.807) is 42.7 Å². The number of nitrogens with zero attached hydrogens (tertiary/aromatic N) is 1. The van der Waals surface area contributed by atoms with Crippen molar-refractivity contribution >= 4 is 11.9 Å². The van der Waals surface area contributed by atoms with Crippen LogP contribution in [0.1, 0.15) is 21.5 Å². The maximum Gasteiger partial charge on any atom is 0.185 e. The first-order valence-electron chi connectivity index (χ1n) is 5.59. The molecule has 0 unspecified atom stereocenters. The van der Waals surface area contributed by atoms with Crippen LogP contribution in [-0.2, 0) is 0 Å². The number of aromatic hydroxyl groups is 1. The van der Waals surface area contributed by atoms with E-state index in [0.717, 1.165) is 11.1 Å². The Balaban J connectivity index is 2.16. The second-order valence-electron chi connectivity index (χ2n) is 3.98. The molecule has 3 heteroatoms. The van der Waals surface area contributed by atoms with Crippen LogP contribution in [0, 0.1) is 6.92 Å². The van der Waals surface area contributed by atoms with Crippen molar-refractivity contribution in [2.45, 2.75) is 6.92 Å². The van der Waals surface area contributed by atoms with Crippen molar-refractivity contribution in [2.75, 3.05) is 0 Å². The van der Waals surface area contributed by atoms with E-state index in [4.69, 9.17) is 0 Å². The average molecular weight is 239 g/mol. The highest BCUT2D eigenvalue weighted by Gasteiger charge is 2.00. The molecule has 1 N–H and O–H groups in total. The summed E-state index contributed by atoms with van der Waals surface area (Å²) in [4.78, 5) is 15.7. The zero-order valence-corrected chi connectivity index (χ0v) is 10.00. The van der Waals surface area contributed by atoms with Crippen molar-refractivity contribution in [1.82, 2.24) is 4.98 Å². The van der Waals surface area contributed by atoms with Gasteiger partial charge >= 0.3 is 0 Å². The van der Waals surface area contributed by atoms with E-state index in [1.165, 1.54) is 6.08 Å². The molecule has 0 fully saturated rings. The Morgan fingerprint density at radius 1 is 1.22 bits per heavy atom. The number of ketones is 1. The SMILES string of the molecule is Cc1cc(C=CC(=O)c2ccncc2)ccc1O. The first kappa shape index (κ1) is 12.0. The lowest BCUT2D eigenvalue weighted by molar-refractivity contribution is 0.104. The van der Waals surface area contributed by atoms with Gasteiger partial charge in [0.1, 0.15) is 5.75 Å². The van der Waals surface area contributed by atoms with Gasteiger partial charge in [-0.2, -0.15) is 0 Å². The molecule has 1 aromatic carbocycles. The number of carbonyl (C=O) groups is 1. The van der Waals surface area contributed by atoms with Gasteiger partial charge in [0.15, 0.2) is 5.78 Å². The Hall–Kier alpha value is -2.42. The number of aryl methyl sites for hydroxylation is 1. The molecule has 3 nitrogen and oxygen atoms in total. The van der Waals surface area contributed by atoms with E-state index in [9.17, 15) is 9.90 Å². The fourth-order valence-corrected chi connectivity index (χ4v) is 1.57. The van der Waals surface area contributed by atoms with Crippen molar-refractivity contribution < 1.29 is 9.90 Å². The summed E-state index contributed by atoms with van der Waals surface area (Å²) in [5, 5.41) is 9.40. The molecule has 0 radical (unpaired) electrons. The van der Waals surface area contributed by atoms with Gasteiger partial charge in [0.25, 0.3) is 0 Å². The number of rotatable bonds is 3. The van der Waals surface area contributed by atoms with E-state index < -0.39 is 0 Å². The van der Waals surface area contributed by atoms with Crippen LogP contribution in [0.3, 0.4) is 0 Å². The molecule has 1 aromatic heterocycles. The molecule has 0 aliphatic rings. The van der Waals surface area contributed by atoms with Crippen LogP contribution >= 0.6 is 0 Å². The molecule has 2 rings (SSSR count). The van der Waals surface area contributed by atoms with E-state index in [-0.39, 0.29) is 11.5 Å². The lowest BCUT2D eigenvalue weighted by Crippen LogP contribution is -1.93. The highest BCUT2D eigenvalue weighted by molar-refractivity contribution is 6.06. The summed E-state index contributed by atoms with van der Waals surface area (Å²) in [6.07, 6.45) is 6.42. The first-order chi connectivity index (χ1) is 8.66. The van der Waals surface area contributed by atoms with Crippen molar-refractivity contribution in [3.8, 4) is 5.75 Å². The van der Waals surface area contributed by atoms with Gasteiger partial charge < -0.3 is 5.11 Å². The number of pyridine rings is 1. The van der Waals surface area contributed by atoms with Gasteiger partial charge in [-0.1, -0.05) is 12.1 Å². The summed E-state index contributed by atoms with van der Waals surface area (Å²) in [5.74, 6) is 0.190. The lowest BCUT2D eigenvalue weighted by Gasteiger charge is -1.99. The van der Waals surface area contributed by atoms with Crippen molar-refractivity contribution in [3.63, 3.8) is 0 Å². The zero-order chi connectivity index (χ0) is 13.0. The molecule has 0 aliphatic heterocycles. The predicted octanol–water partition coefficient (Wildman–Crippen LogP) is 2.99. The topological polar surface area (TPSA) is 50.2 Å². The van der Waals surface area contributed by atoms with Gasteiger partial charge in [-0.15, -0.1) is 0 Å². The van der Waals surface area contributed by atoms with Crippen LogP contribution in [0.25, 0.3) is 6.08 Å². The zero-order valence-electron chi connectivity index (χ0n) is 10.00. The van der Waals surface area contributed by atoms with Crippen molar-refractivity contribution in [2.24, 2.45) is 0 Å². The summed E-state index contributed by atoms with van der Waals surface area (Å²) >= 11 is 0. The molecule has 18 heavy (non-hydrogen) atoms. The minimum Gasteiger partial charge on any atom is -0.508 e. The molecule has 0 bridgehead atoms. The summed E-state index contributed by atoms with van der Waals surface area (Å²) in [7, 11) is 0. The third-order valence-electron chi connectivity index (χ3n) is 2.61. The minimum atomic E-state index is -0.0665. The van der Waals surface area contributed by atoms with Gasteiger partial charge in [-0.3, -0.25) is 9.78 Å². The standard InChI is InChI=1S/C15H13NO2/c1-11-10-12(2-4-14(11)17)3-5-15(18)13-6-8-16-9-7-13/h2-10,17H,1H3. The Labute approximate surface area is 105 Å². The summed E-state index contributed by atoms with van der Waals surface area (Å²) in [5.41, 5.74) is 2.28. The van der Waals surface area contributed by atoms with Crippen LogP contribution in [-0.4, -0.2) is 15.9 Å². The Kier molecular flexibility index (Phi) is 3.53. The molecule has 0 atom stereocenters. The molecule has 0 saturated carbocycles. The smallest absolute Gasteiger partial charge is 0.185 e. The minimum absolute atomic E-state index is 0.0665. The number of carbonyl (C=O) groups excluding carboxylic acids is 1. The largest absolute Gasteiger partial charge is 0.508 e. The lowest BCUT2D eigenvalue weighted by atomic mass is 10.1. The molecular formula is C15H13NO2. The summed E-state index contributed by atoms with van der Waals surface area (Å²) in [6.45, 7) is 1.82. The third kappa shape index (κ3) is 2.83. The molecule has 0 aliphatic carbocycles. The first-order valence-corrected chi connectivity index (χ1v) is 5.59. The van der Waals surface area contributed by atoms with E-state index in [2.05, 4.69) is 4.98 Å². The van der Waals surface area contributed by atoms with Gasteiger partial charge in [0.05, 0.1) is 0 Å². The van der Waals surface area contributed by atoms with E-state index in [0.29, 0.717) is 5.56 Å². The number of hydrogen-bond acceptors (Lipinski definition) is 3. The highest BCUT2D eigenvalue weighted by atomic mass is 16.3. The molecule has 90 valence electrons. The second-order valence-corrected chi connectivity index (χ2v) is 3.98. The van der Waals surface area contributed by atoms with Crippen LogP contribution in [0.5, 0.6) is 5.75 Å². The normalized spacial score (nSPS) is 10.7. The Morgan fingerprint density at radius 3 is 2.61 bits per heavy atom. The molecule has 1 heterocycles. The van der Waals surface area contributed by atoms with Crippen molar-refractivity contribution in [1.29, 1.82) is 0 Å². The monoisotopic (exact) mass is 239 g/mol. The third-order valence-corrected chi connectivity index (χ3v) is 2.61. The van der Waals surface area contributed by atoms with Crippen LogP contribution in [0.4, 0.5) is 0 Å². The molecule has 0 saturated heterocycles. The van der Waals surface area contributed by atoms with Crippen molar-refractivity contribution in [3.05, 3.63) is 65.5 Å². The number of benzene rings is 1. The van der Waals surface area contributed by atoms with Gasteiger partial charge in [-0.25, -0.2) is 0 Å². The predicted molar refractivity (Wildman–Crippen MR) is 70.4 cm³/mol. The highest BCUT2D eigenvalue weighted by Crippen LogP contribution is 2.17. The van der Waals surface area contributed by atoms with Crippen LogP contribution in [0.2, 0.25) is 0 Å². The van der Waals surface area contributed by atoms with E-state index >= 15 is 0 Å². The molecule has 2 aromatic rings. The van der Waals surface area contributed by atoms with Crippen LogP contribution < -0.4 is 0 Å².